The van der Waals surface area contributed by atoms with E-state index >= 15 is 0 Å². The standard InChI is InChI=1S/C19H24ClFN2O4S/c1-11-19(28(3,24)25)23-18(22-11)17(12-4-9-16(21)15(20)10-12)27-14-7-5-13(26-2)6-8-14/h4,9-10,13-14,17H,5-8H2,1-3H3,(H,22,23)/t13-,14+,17?. The van der Waals surface area contributed by atoms with E-state index < -0.39 is 21.8 Å². The second-order valence-electron chi connectivity index (χ2n) is 7.15. The third-order valence-corrected chi connectivity index (χ3v) is 6.38. The smallest absolute Gasteiger partial charge is 0.194 e. The number of nitrogens with one attached hydrogen (secondary N) is 1. The van der Waals surface area contributed by atoms with E-state index in [0.717, 1.165) is 31.9 Å². The van der Waals surface area contributed by atoms with Gasteiger partial charge in [-0.05, 0) is 50.3 Å². The molecule has 1 aromatic carbocycles. The topological polar surface area (TPSA) is 81.3 Å². The number of H-pyrrole nitrogens is 1. The normalized spacial score (nSPS) is 21.6. The van der Waals surface area contributed by atoms with E-state index in [9.17, 15) is 12.8 Å². The van der Waals surface area contributed by atoms with E-state index in [0.29, 0.717) is 17.1 Å². The Morgan fingerprint density at radius 3 is 2.43 bits per heavy atom. The van der Waals surface area contributed by atoms with Crippen LogP contribution in [0.5, 0.6) is 0 Å². The number of rotatable bonds is 6. The van der Waals surface area contributed by atoms with Crippen LogP contribution in [0.25, 0.3) is 0 Å². The lowest BCUT2D eigenvalue weighted by molar-refractivity contribution is -0.0443. The maximum atomic E-state index is 13.6. The predicted molar refractivity (Wildman–Crippen MR) is 104 cm³/mol. The number of ether oxygens (including phenoxy) is 2. The Bertz CT molecular complexity index is 939. The Kier molecular flexibility index (Phi) is 6.44. The first-order valence-electron chi connectivity index (χ1n) is 9.08. The van der Waals surface area contributed by atoms with Gasteiger partial charge in [0.05, 0.1) is 22.9 Å². The molecule has 1 saturated carbocycles. The third kappa shape index (κ3) is 4.74. The number of hydrogen-bond acceptors (Lipinski definition) is 5. The second-order valence-corrected chi connectivity index (χ2v) is 9.49. The van der Waals surface area contributed by atoms with E-state index in [1.807, 2.05) is 0 Å². The van der Waals surface area contributed by atoms with Crippen LogP contribution in [0, 0.1) is 12.7 Å². The molecule has 2 aromatic rings. The van der Waals surface area contributed by atoms with Crippen molar-refractivity contribution < 1.29 is 22.3 Å². The number of benzene rings is 1. The minimum atomic E-state index is -3.49. The third-order valence-electron chi connectivity index (χ3n) is 4.99. The van der Waals surface area contributed by atoms with E-state index in [1.165, 1.54) is 12.1 Å². The zero-order valence-corrected chi connectivity index (χ0v) is 17.6. The van der Waals surface area contributed by atoms with Gasteiger partial charge in [0, 0.05) is 13.4 Å². The van der Waals surface area contributed by atoms with Gasteiger partial charge in [0.2, 0.25) is 0 Å². The number of nitrogens with zero attached hydrogens (tertiary/aromatic N) is 1. The SMILES string of the molecule is CO[C@H]1CC[C@@H](OC(c2ccc(F)c(Cl)c2)c2nc(S(C)(=O)=O)c(C)[nH]2)CC1. The predicted octanol–water partition coefficient (Wildman–Crippen LogP) is 3.98. The Morgan fingerprint density at radius 2 is 1.89 bits per heavy atom. The molecule has 1 aliphatic rings. The van der Waals surface area contributed by atoms with Crippen LogP contribution in [-0.2, 0) is 19.3 Å². The monoisotopic (exact) mass is 430 g/mol. The number of aromatic nitrogens is 2. The van der Waals surface area contributed by atoms with Crippen molar-refractivity contribution in [3.63, 3.8) is 0 Å². The van der Waals surface area contributed by atoms with Gasteiger partial charge in [-0.1, -0.05) is 17.7 Å². The van der Waals surface area contributed by atoms with Crippen LogP contribution in [0.15, 0.2) is 23.2 Å². The zero-order valence-electron chi connectivity index (χ0n) is 16.0. The lowest BCUT2D eigenvalue weighted by Gasteiger charge is -2.30. The number of halogens is 2. The highest BCUT2D eigenvalue weighted by molar-refractivity contribution is 7.90. The number of hydrogen-bond donors (Lipinski definition) is 1. The summed E-state index contributed by atoms with van der Waals surface area (Å²) in [6.45, 7) is 1.64. The van der Waals surface area contributed by atoms with Crippen molar-refractivity contribution in [2.45, 2.75) is 55.9 Å². The molecule has 154 valence electrons. The molecule has 1 N–H and O–H groups in total. The van der Waals surface area contributed by atoms with Gasteiger partial charge in [-0.3, -0.25) is 0 Å². The molecule has 0 radical (unpaired) electrons. The van der Waals surface area contributed by atoms with Gasteiger partial charge in [0.15, 0.2) is 14.9 Å². The van der Waals surface area contributed by atoms with Crippen molar-refractivity contribution in [3.8, 4) is 0 Å². The summed E-state index contributed by atoms with van der Waals surface area (Å²) in [5.74, 6) is -0.174. The van der Waals surface area contributed by atoms with Gasteiger partial charge in [0.25, 0.3) is 0 Å². The van der Waals surface area contributed by atoms with Gasteiger partial charge in [-0.2, -0.15) is 0 Å². The van der Waals surface area contributed by atoms with Crippen LogP contribution in [0.3, 0.4) is 0 Å². The first kappa shape index (κ1) is 21.2. The van der Waals surface area contributed by atoms with Crippen LogP contribution in [-0.4, -0.2) is 44.0 Å². The van der Waals surface area contributed by atoms with Gasteiger partial charge in [0.1, 0.15) is 17.7 Å². The Morgan fingerprint density at radius 1 is 1.25 bits per heavy atom. The lowest BCUT2D eigenvalue weighted by Crippen LogP contribution is -2.27. The van der Waals surface area contributed by atoms with Crippen molar-refractivity contribution in [2.75, 3.05) is 13.4 Å². The summed E-state index contributed by atoms with van der Waals surface area (Å²) in [5.41, 5.74) is 1.04. The lowest BCUT2D eigenvalue weighted by atomic mass is 9.94. The number of aryl methyl sites for hydroxylation is 1. The largest absolute Gasteiger partial charge is 0.381 e. The molecule has 6 nitrogen and oxygen atoms in total. The number of methoxy groups -OCH3 is 1. The molecule has 1 unspecified atom stereocenters. The number of imidazole rings is 1. The van der Waals surface area contributed by atoms with E-state index in [-0.39, 0.29) is 22.3 Å². The van der Waals surface area contributed by atoms with Crippen molar-refractivity contribution in [2.24, 2.45) is 0 Å². The Hall–Kier alpha value is -1.48. The van der Waals surface area contributed by atoms with Crippen molar-refractivity contribution in [3.05, 3.63) is 46.1 Å². The summed E-state index contributed by atoms with van der Waals surface area (Å²) in [7, 11) is -1.79. The van der Waals surface area contributed by atoms with Crippen LogP contribution in [0.1, 0.15) is 48.9 Å². The Balaban J connectivity index is 1.94. The molecule has 0 bridgehead atoms. The second kappa shape index (κ2) is 8.49. The average Bonchev–Trinajstić information content (AvgIpc) is 3.04. The van der Waals surface area contributed by atoms with Crippen LogP contribution < -0.4 is 0 Å². The van der Waals surface area contributed by atoms with E-state index in [1.54, 1.807) is 20.1 Å². The molecule has 0 aliphatic heterocycles. The van der Waals surface area contributed by atoms with Gasteiger partial charge >= 0.3 is 0 Å². The molecule has 1 aliphatic carbocycles. The molecular formula is C19H24ClFN2O4S. The van der Waals surface area contributed by atoms with Crippen LogP contribution >= 0.6 is 11.6 Å². The molecule has 28 heavy (non-hydrogen) atoms. The summed E-state index contributed by atoms with van der Waals surface area (Å²) in [4.78, 5) is 7.29. The fourth-order valence-corrected chi connectivity index (χ4v) is 4.59. The first-order chi connectivity index (χ1) is 13.2. The minimum Gasteiger partial charge on any atom is -0.381 e. The van der Waals surface area contributed by atoms with Gasteiger partial charge in [-0.25, -0.2) is 17.8 Å². The van der Waals surface area contributed by atoms with Crippen molar-refractivity contribution in [1.82, 2.24) is 9.97 Å². The molecule has 1 atom stereocenters. The van der Waals surface area contributed by atoms with Crippen molar-refractivity contribution in [1.29, 1.82) is 0 Å². The first-order valence-corrected chi connectivity index (χ1v) is 11.4. The molecule has 0 spiro atoms. The summed E-state index contributed by atoms with van der Waals surface area (Å²) in [6, 6.07) is 4.33. The van der Waals surface area contributed by atoms with Gasteiger partial charge < -0.3 is 14.5 Å². The summed E-state index contributed by atoms with van der Waals surface area (Å²) < 4.78 is 49.3. The average molecular weight is 431 g/mol. The fourth-order valence-electron chi connectivity index (χ4n) is 3.52. The molecule has 3 rings (SSSR count). The maximum absolute atomic E-state index is 13.6. The van der Waals surface area contributed by atoms with E-state index in [2.05, 4.69) is 9.97 Å². The summed E-state index contributed by atoms with van der Waals surface area (Å²) in [5, 5.41) is -0.0480. The zero-order chi connectivity index (χ0) is 20.5. The van der Waals surface area contributed by atoms with Crippen LogP contribution in [0.2, 0.25) is 5.02 Å². The molecule has 0 saturated heterocycles. The number of aromatic amines is 1. The Labute approximate surface area is 169 Å². The number of sulfone groups is 1. The highest BCUT2D eigenvalue weighted by Crippen LogP contribution is 2.33. The van der Waals surface area contributed by atoms with Crippen molar-refractivity contribution >= 4 is 21.4 Å². The molecular weight excluding hydrogens is 407 g/mol. The molecule has 0 amide bonds. The summed E-state index contributed by atoms with van der Waals surface area (Å²) in [6.07, 6.45) is 3.97. The highest BCUT2D eigenvalue weighted by atomic mass is 35.5. The fraction of sp³-hybridized carbons (Fsp3) is 0.526. The molecule has 1 heterocycles. The van der Waals surface area contributed by atoms with E-state index in [4.69, 9.17) is 21.1 Å². The molecule has 9 heteroatoms. The molecule has 1 fully saturated rings. The van der Waals surface area contributed by atoms with Crippen LogP contribution in [0.4, 0.5) is 4.39 Å². The highest BCUT2D eigenvalue weighted by Gasteiger charge is 2.29. The maximum Gasteiger partial charge on any atom is 0.194 e. The quantitative estimate of drug-likeness (QED) is 0.749. The molecule has 1 aromatic heterocycles. The summed E-state index contributed by atoms with van der Waals surface area (Å²) >= 11 is 5.96. The minimum absolute atomic E-state index is 0.0209. The van der Waals surface area contributed by atoms with Gasteiger partial charge in [-0.15, -0.1) is 0 Å².